The summed E-state index contributed by atoms with van der Waals surface area (Å²) in [6, 6.07) is 6.95. The number of carbonyl (C=O) groups is 1. The average Bonchev–Trinajstić information content (AvgIpc) is 3.03. The minimum atomic E-state index is -0.536. The molecule has 2 heterocycles. The number of rotatable bonds is 4. The van der Waals surface area contributed by atoms with E-state index >= 15 is 0 Å². The summed E-state index contributed by atoms with van der Waals surface area (Å²) < 4.78 is 5.30. The molecule has 1 fully saturated rings. The van der Waals surface area contributed by atoms with Crippen molar-refractivity contribution in [2.24, 2.45) is 11.7 Å². The SMILES string of the molecule is NC(C(=O)Nc1nc(-c2ccccc2Cl)cs1)C1CCOCC1. The Morgan fingerprint density at radius 1 is 1.39 bits per heavy atom. The van der Waals surface area contributed by atoms with E-state index in [1.54, 1.807) is 0 Å². The van der Waals surface area contributed by atoms with Crippen molar-refractivity contribution in [1.82, 2.24) is 4.98 Å². The molecular formula is C16H18ClN3O2S. The van der Waals surface area contributed by atoms with Gasteiger partial charge in [0.05, 0.1) is 11.7 Å². The van der Waals surface area contributed by atoms with Gasteiger partial charge in [0.25, 0.3) is 0 Å². The summed E-state index contributed by atoms with van der Waals surface area (Å²) in [4.78, 5) is 16.7. The highest BCUT2D eigenvalue weighted by atomic mass is 35.5. The molecule has 0 spiro atoms. The maximum absolute atomic E-state index is 12.3. The fraction of sp³-hybridized carbons (Fsp3) is 0.375. The first-order valence-electron chi connectivity index (χ1n) is 7.50. The van der Waals surface area contributed by atoms with Crippen molar-refractivity contribution in [3.05, 3.63) is 34.7 Å². The van der Waals surface area contributed by atoms with E-state index in [9.17, 15) is 4.79 Å². The van der Waals surface area contributed by atoms with Crippen molar-refractivity contribution in [2.75, 3.05) is 18.5 Å². The van der Waals surface area contributed by atoms with Crippen LogP contribution in [0.1, 0.15) is 12.8 Å². The summed E-state index contributed by atoms with van der Waals surface area (Å²) in [5.74, 6) is -0.0382. The lowest BCUT2D eigenvalue weighted by Gasteiger charge is -2.26. The lowest BCUT2D eigenvalue weighted by molar-refractivity contribution is -0.119. The van der Waals surface area contributed by atoms with Crippen LogP contribution < -0.4 is 11.1 Å². The van der Waals surface area contributed by atoms with Gasteiger partial charge in [0.2, 0.25) is 5.91 Å². The van der Waals surface area contributed by atoms with Crippen LogP contribution in [0.5, 0.6) is 0 Å². The molecule has 1 saturated heterocycles. The number of nitrogens with two attached hydrogens (primary N) is 1. The summed E-state index contributed by atoms with van der Waals surface area (Å²) in [5.41, 5.74) is 7.66. The second-order valence-electron chi connectivity index (χ2n) is 5.48. The molecule has 0 aliphatic carbocycles. The third-order valence-electron chi connectivity index (χ3n) is 3.96. The van der Waals surface area contributed by atoms with Gasteiger partial charge in [0.1, 0.15) is 0 Å². The summed E-state index contributed by atoms with van der Waals surface area (Å²) in [6.45, 7) is 1.33. The molecule has 0 bridgehead atoms. The largest absolute Gasteiger partial charge is 0.381 e. The van der Waals surface area contributed by atoms with Crippen LogP contribution in [0.15, 0.2) is 29.6 Å². The molecule has 1 aliphatic heterocycles. The van der Waals surface area contributed by atoms with Crippen LogP contribution in [0.25, 0.3) is 11.3 Å². The fourth-order valence-electron chi connectivity index (χ4n) is 2.60. The van der Waals surface area contributed by atoms with Gasteiger partial charge in [0.15, 0.2) is 5.13 Å². The van der Waals surface area contributed by atoms with Crippen LogP contribution in [-0.2, 0) is 9.53 Å². The topological polar surface area (TPSA) is 77.2 Å². The maximum Gasteiger partial charge on any atom is 0.243 e. The summed E-state index contributed by atoms with van der Waals surface area (Å²) in [7, 11) is 0. The number of ether oxygens (including phenoxy) is 1. The van der Waals surface area contributed by atoms with Gasteiger partial charge in [-0.05, 0) is 24.8 Å². The average molecular weight is 352 g/mol. The van der Waals surface area contributed by atoms with Crippen LogP contribution in [0.3, 0.4) is 0 Å². The molecule has 1 aromatic carbocycles. The van der Waals surface area contributed by atoms with Crippen molar-refractivity contribution in [1.29, 1.82) is 0 Å². The number of carbonyl (C=O) groups excluding carboxylic acids is 1. The minimum Gasteiger partial charge on any atom is -0.381 e. The molecule has 3 rings (SSSR count). The molecule has 1 unspecified atom stereocenters. The Morgan fingerprint density at radius 3 is 2.87 bits per heavy atom. The van der Waals surface area contributed by atoms with Crippen LogP contribution >= 0.6 is 22.9 Å². The highest BCUT2D eigenvalue weighted by Crippen LogP contribution is 2.30. The summed E-state index contributed by atoms with van der Waals surface area (Å²) >= 11 is 7.53. The van der Waals surface area contributed by atoms with Crippen molar-refractivity contribution < 1.29 is 9.53 Å². The number of hydrogen-bond donors (Lipinski definition) is 2. The lowest BCUT2D eigenvalue weighted by Crippen LogP contribution is -2.43. The van der Waals surface area contributed by atoms with E-state index in [0.29, 0.717) is 23.4 Å². The standard InChI is InChI=1S/C16H18ClN3O2S/c17-12-4-2-1-3-11(12)13-9-23-16(19-13)20-15(21)14(18)10-5-7-22-8-6-10/h1-4,9-10,14H,5-8,18H2,(H,19,20,21). The first kappa shape index (κ1) is 16.4. The number of amides is 1. The van der Waals surface area contributed by atoms with E-state index in [4.69, 9.17) is 22.1 Å². The van der Waals surface area contributed by atoms with Gasteiger partial charge < -0.3 is 15.8 Å². The van der Waals surface area contributed by atoms with Crippen molar-refractivity contribution in [2.45, 2.75) is 18.9 Å². The van der Waals surface area contributed by atoms with Crippen LogP contribution in [0, 0.1) is 5.92 Å². The number of benzene rings is 1. The number of halogens is 1. The smallest absolute Gasteiger partial charge is 0.243 e. The van der Waals surface area contributed by atoms with E-state index in [-0.39, 0.29) is 11.8 Å². The molecule has 0 saturated carbocycles. The van der Waals surface area contributed by atoms with Crippen molar-refractivity contribution >= 4 is 34.0 Å². The van der Waals surface area contributed by atoms with Gasteiger partial charge >= 0.3 is 0 Å². The van der Waals surface area contributed by atoms with Crippen molar-refractivity contribution in [3.8, 4) is 11.3 Å². The molecule has 23 heavy (non-hydrogen) atoms. The first-order valence-corrected chi connectivity index (χ1v) is 8.75. The van der Waals surface area contributed by atoms with Gasteiger partial charge in [-0.25, -0.2) is 4.98 Å². The number of hydrogen-bond acceptors (Lipinski definition) is 5. The number of thiazole rings is 1. The van der Waals surface area contributed by atoms with Crippen molar-refractivity contribution in [3.63, 3.8) is 0 Å². The molecule has 3 N–H and O–H groups in total. The molecule has 122 valence electrons. The van der Waals surface area contributed by atoms with E-state index < -0.39 is 6.04 Å². The summed E-state index contributed by atoms with van der Waals surface area (Å²) in [6.07, 6.45) is 1.63. The Labute approximate surface area is 143 Å². The summed E-state index contributed by atoms with van der Waals surface area (Å²) in [5, 5.41) is 5.85. The molecule has 1 aromatic heterocycles. The Balaban J connectivity index is 1.66. The maximum atomic E-state index is 12.3. The Bertz CT molecular complexity index is 685. The Morgan fingerprint density at radius 2 is 2.13 bits per heavy atom. The van der Waals surface area contributed by atoms with E-state index in [1.807, 2.05) is 29.6 Å². The van der Waals surface area contributed by atoms with Gasteiger partial charge in [-0.1, -0.05) is 29.8 Å². The third kappa shape index (κ3) is 3.90. The number of nitrogens with one attached hydrogen (secondary N) is 1. The quantitative estimate of drug-likeness (QED) is 0.887. The normalized spacial score (nSPS) is 17.0. The monoisotopic (exact) mass is 351 g/mol. The zero-order valence-corrected chi connectivity index (χ0v) is 14.1. The van der Waals surface area contributed by atoms with E-state index in [1.165, 1.54) is 11.3 Å². The van der Waals surface area contributed by atoms with Gasteiger partial charge in [0, 0.05) is 29.2 Å². The number of aromatic nitrogens is 1. The highest BCUT2D eigenvalue weighted by Gasteiger charge is 2.27. The molecule has 1 amide bonds. The number of anilines is 1. The first-order chi connectivity index (χ1) is 11.1. The van der Waals surface area contributed by atoms with Gasteiger partial charge in [-0.3, -0.25) is 4.79 Å². The van der Waals surface area contributed by atoms with Crippen LogP contribution in [0.2, 0.25) is 5.02 Å². The van der Waals surface area contributed by atoms with Crippen LogP contribution in [-0.4, -0.2) is 30.1 Å². The molecular weight excluding hydrogens is 334 g/mol. The number of nitrogens with zero attached hydrogens (tertiary/aromatic N) is 1. The second kappa shape index (κ2) is 7.40. The van der Waals surface area contributed by atoms with E-state index in [0.717, 1.165) is 24.1 Å². The van der Waals surface area contributed by atoms with Crippen LogP contribution in [0.4, 0.5) is 5.13 Å². The molecule has 7 heteroatoms. The molecule has 0 radical (unpaired) electrons. The molecule has 2 aromatic rings. The Hall–Kier alpha value is -1.47. The predicted octanol–water partition coefficient (Wildman–Crippen LogP) is 3.16. The molecule has 5 nitrogen and oxygen atoms in total. The van der Waals surface area contributed by atoms with Gasteiger partial charge in [-0.2, -0.15) is 0 Å². The molecule has 1 aliphatic rings. The highest BCUT2D eigenvalue weighted by molar-refractivity contribution is 7.14. The second-order valence-corrected chi connectivity index (χ2v) is 6.75. The third-order valence-corrected chi connectivity index (χ3v) is 5.05. The zero-order chi connectivity index (χ0) is 16.2. The zero-order valence-electron chi connectivity index (χ0n) is 12.5. The Kier molecular flexibility index (Phi) is 5.27. The molecule has 1 atom stereocenters. The minimum absolute atomic E-state index is 0.159. The van der Waals surface area contributed by atoms with Gasteiger partial charge in [-0.15, -0.1) is 11.3 Å². The van der Waals surface area contributed by atoms with E-state index in [2.05, 4.69) is 10.3 Å². The predicted molar refractivity (Wildman–Crippen MR) is 92.7 cm³/mol. The lowest BCUT2D eigenvalue weighted by atomic mass is 9.92. The fourth-order valence-corrected chi connectivity index (χ4v) is 3.55.